The molecule has 34 heavy (non-hydrogen) atoms. The predicted molar refractivity (Wildman–Crippen MR) is 145 cm³/mol. The quantitative estimate of drug-likeness (QED) is 0.208. The molecule has 1 heteroatoms. The molecule has 0 fully saturated rings. The first-order valence-corrected chi connectivity index (χ1v) is 12.4. The molecule has 1 aromatic heterocycles. The molecule has 1 nitrogen and oxygen atoms in total. The van der Waals surface area contributed by atoms with Crippen molar-refractivity contribution in [1.29, 1.82) is 0 Å². The van der Waals surface area contributed by atoms with Crippen LogP contribution in [0.25, 0.3) is 33.3 Å². The first kappa shape index (κ1) is 22.1. The highest BCUT2D eigenvalue weighted by Crippen LogP contribution is 2.27. The van der Waals surface area contributed by atoms with Gasteiger partial charge in [-0.2, -0.15) is 0 Å². The fraction of sp³-hybridized carbons (Fsp3) is 0.182. The van der Waals surface area contributed by atoms with E-state index in [2.05, 4.69) is 109 Å². The van der Waals surface area contributed by atoms with E-state index in [1.54, 1.807) is 0 Å². The van der Waals surface area contributed by atoms with Crippen molar-refractivity contribution in [2.75, 3.05) is 0 Å². The molecular weight excluding hydrogens is 410 g/mol. The van der Waals surface area contributed by atoms with Crippen molar-refractivity contribution in [3.63, 3.8) is 0 Å². The summed E-state index contributed by atoms with van der Waals surface area (Å²) in [6.45, 7) is 0. The van der Waals surface area contributed by atoms with Crippen LogP contribution in [-0.4, -0.2) is 4.98 Å². The molecule has 0 N–H and O–H groups in total. The van der Waals surface area contributed by atoms with Gasteiger partial charge in [-0.3, -0.25) is 0 Å². The van der Waals surface area contributed by atoms with Gasteiger partial charge in [0.25, 0.3) is 0 Å². The van der Waals surface area contributed by atoms with Gasteiger partial charge in [-0.25, -0.2) is 4.98 Å². The summed E-state index contributed by atoms with van der Waals surface area (Å²) < 4.78 is 0. The average Bonchev–Trinajstić information content (AvgIpc) is 2.91. The summed E-state index contributed by atoms with van der Waals surface area (Å²) in [5.41, 5.74) is 8.59. The normalized spacial score (nSPS) is 11.1. The Bertz CT molecular complexity index is 1340. The molecule has 0 radical (unpaired) electrons. The van der Waals surface area contributed by atoms with E-state index in [9.17, 15) is 0 Å². The van der Waals surface area contributed by atoms with E-state index < -0.39 is 0 Å². The van der Waals surface area contributed by atoms with Crippen molar-refractivity contribution in [2.45, 2.75) is 38.5 Å². The first-order valence-electron chi connectivity index (χ1n) is 12.4. The molecule has 168 valence electrons. The summed E-state index contributed by atoms with van der Waals surface area (Å²) in [7, 11) is 0. The lowest BCUT2D eigenvalue weighted by atomic mass is 9.98. The van der Waals surface area contributed by atoms with Gasteiger partial charge in [-0.15, -0.1) is 0 Å². The van der Waals surface area contributed by atoms with Crippen LogP contribution in [0.1, 0.15) is 36.8 Å². The Morgan fingerprint density at radius 2 is 1.12 bits per heavy atom. The predicted octanol–water partition coefficient (Wildman–Crippen LogP) is 8.91. The van der Waals surface area contributed by atoms with Gasteiger partial charge in [0.05, 0.1) is 11.2 Å². The maximum absolute atomic E-state index is 4.87. The van der Waals surface area contributed by atoms with Crippen LogP contribution in [0.5, 0.6) is 0 Å². The number of unbranched alkanes of at least 4 members (excludes halogenated alkanes) is 3. The Morgan fingerprint density at radius 1 is 0.441 bits per heavy atom. The lowest BCUT2D eigenvalue weighted by Gasteiger charge is -2.08. The summed E-state index contributed by atoms with van der Waals surface area (Å²) in [5, 5.41) is 1.18. The second-order valence-corrected chi connectivity index (χ2v) is 9.07. The van der Waals surface area contributed by atoms with E-state index in [0.29, 0.717) is 0 Å². The van der Waals surface area contributed by atoms with E-state index in [-0.39, 0.29) is 0 Å². The third-order valence-corrected chi connectivity index (χ3v) is 6.57. The average molecular weight is 442 g/mol. The smallest absolute Gasteiger partial charge is 0.0709 e. The maximum atomic E-state index is 4.87. The number of hydrogen-bond donors (Lipinski definition) is 0. The second-order valence-electron chi connectivity index (χ2n) is 9.07. The molecule has 0 atom stereocenters. The standard InChI is InChI=1S/C33H31N/c1(4-11-26-12-6-3-7-13-26)2-5-14-27-19-21-28(22-20-27)30-16-10-17-31(25-30)33-24-23-29-15-8-9-18-32(29)34-33/h3,6-10,12-13,15-25H,1-2,4-5,11,14H2. The van der Waals surface area contributed by atoms with Gasteiger partial charge in [0.2, 0.25) is 0 Å². The molecule has 0 saturated carbocycles. The summed E-state index contributed by atoms with van der Waals surface area (Å²) in [6.07, 6.45) is 7.51. The zero-order valence-corrected chi connectivity index (χ0v) is 19.7. The molecule has 0 aliphatic rings. The van der Waals surface area contributed by atoms with Gasteiger partial charge in [0, 0.05) is 10.9 Å². The molecule has 1 heterocycles. The van der Waals surface area contributed by atoms with Crippen molar-refractivity contribution >= 4 is 10.9 Å². The number of para-hydroxylation sites is 1. The molecule has 5 aromatic rings. The molecule has 0 aliphatic carbocycles. The SMILES string of the molecule is c1ccc(CCCCCCc2ccc(-c3cccc(-c4ccc5ccccc5n4)c3)cc2)cc1. The van der Waals surface area contributed by atoms with Gasteiger partial charge in [-0.05, 0) is 66.1 Å². The minimum atomic E-state index is 1.02. The number of rotatable bonds is 9. The second kappa shape index (κ2) is 10.9. The summed E-state index contributed by atoms with van der Waals surface area (Å²) >= 11 is 0. The van der Waals surface area contributed by atoms with Crippen LogP contribution in [-0.2, 0) is 12.8 Å². The van der Waals surface area contributed by atoms with Crippen molar-refractivity contribution < 1.29 is 0 Å². The molecule has 0 amide bonds. The Hall–Kier alpha value is -3.71. The van der Waals surface area contributed by atoms with Crippen LogP contribution >= 0.6 is 0 Å². The van der Waals surface area contributed by atoms with Crippen molar-refractivity contribution in [3.05, 3.63) is 126 Å². The van der Waals surface area contributed by atoms with Gasteiger partial charge >= 0.3 is 0 Å². The lowest BCUT2D eigenvalue weighted by Crippen LogP contribution is -1.89. The number of fused-ring (bicyclic) bond motifs is 1. The van der Waals surface area contributed by atoms with Crippen LogP contribution in [0.4, 0.5) is 0 Å². The molecule has 5 rings (SSSR count). The van der Waals surface area contributed by atoms with Gasteiger partial charge in [-0.1, -0.05) is 110 Å². The van der Waals surface area contributed by atoms with Crippen LogP contribution < -0.4 is 0 Å². The zero-order chi connectivity index (χ0) is 23.0. The third kappa shape index (κ3) is 5.61. The molecular formula is C33H31N. The topological polar surface area (TPSA) is 12.9 Å². The van der Waals surface area contributed by atoms with Crippen LogP contribution in [0.3, 0.4) is 0 Å². The minimum absolute atomic E-state index is 1.02. The number of aromatic nitrogens is 1. The van der Waals surface area contributed by atoms with E-state index in [1.165, 1.54) is 59.7 Å². The minimum Gasteiger partial charge on any atom is -0.248 e. The summed E-state index contributed by atoms with van der Waals surface area (Å²) in [6, 6.07) is 41.2. The van der Waals surface area contributed by atoms with Gasteiger partial charge < -0.3 is 0 Å². The van der Waals surface area contributed by atoms with Crippen molar-refractivity contribution in [2.24, 2.45) is 0 Å². The highest BCUT2D eigenvalue weighted by atomic mass is 14.7. The highest BCUT2D eigenvalue weighted by Gasteiger charge is 2.05. The molecule has 0 unspecified atom stereocenters. The van der Waals surface area contributed by atoms with Crippen molar-refractivity contribution in [3.8, 4) is 22.4 Å². The summed E-state index contributed by atoms with van der Waals surface area (Å²) in [5.74, 6) is 0. The number of pyridine rings is 1. The van der Waals surface area contributed by atoms with Crippen LogP contribution in [0.2, 0.25) is 0 Å². The highest BCUT2D eigenvalue weighted by molar-refractivity contribution is 5.82. The Labute approximate surface area is 203 Å². The number of benzene rings is 4. The van der Waals surface area contributed by atoms with Gasteiger partial charge in [0.1, 0.15) is 0 Å². The molecule has 0 aliphatic heterocycles. The number of aryl methyl sites for hydroxylation is 2. The number of nitrogens with zero attached hydrogens (tertiary/aromatic N) is 1. The zero-order valence-electron chi connectivity index (χ0n) is 19.7. The Morgan fingerprint density at radius 3 is 1.91 bits per heavy atom. The Balaban J connectivity index is 1.16. The first-order chi connectivity index (χ1) is 16.8. The molecule has 0 saturated heterocycles. The number of hydrogen-bond acceptors (Lipinski definition) is 1. The van der Waals surface area contributed by atoms with Crippen LogP contribution in [0, 0.1) is 0 Å². The molecule has 0 spiro atoms. The largest absolute Gasteiger partial charge is 0.248 e. The monoisotopic (exact) mass is 441 g/mol. The van der Waals surface area contributed by atoms with E-state index >= 15 is 0 Å². The fourth-order valence-electron chi connectivity index (χ4n) is 4.61. The molecule has 4 aromatic carbocycles. The van der Waals surface area contributed by atoms with Crippen molar-refractivity contribution in [1.82, 2.24) is 4.98 Å². The van der Waals surface area contributed by atoms with E-state index in [4.69, 9.17) is 4.98 Å². The third-order valence-electron chi connectivity index (χ3n) is 6.57. The van der Waals surface area contributed by atoms with Gasteiger partial charge in [0.15, 0.2) is 0 Å². The van der Waals surface area contributed by atoms with Crippen LogP contribution in [0.15, 0.2) is 115 Å². The fourth-order valence-corrected chi connectivity index (χ4v) is 4.61. The van der Waals surface area contributed by atoms with E-state index in [0.717, 1.165) is 23.2 Å². The maximum Gasteiger partial charge on any atom is 0.0709 e. The van der Waals surface area contributed by atoms with E-state index in [1.807, 2.05) is 6.07 Å². The Kier molecular flexibility index (Phi) is 7.11. The lowest BCUT2D eigenvalue weighted by molar-refractivity contribution is 0.640. The molecule has 0 bridgehead atoms. The summed E-state index contributed by atoms with van der Waals surface area (Å²) in [4.78, 5) is 4.87.